The van der Waals surface area contributed by atoms with Gasteiger partial charge >= 0.3 is 0 Å². The average molecular weight is 406 g/mol. The van der Waals surface area contributed by atoms with Gasteiger partial charge in [0.1, 0.15) is 5.82 Å². The van der Waals surface area contributed by atoms with Crippen LogP contribution >= 0.6 is 0 Å². The fourth-order valence-electron chi connectivity index (χ4n) is 3.26. The lowest BCUT2D eigenvalue weighted by molar-refractivity contribution is -0.133. The van der Waals surface area contributed by atoms with E-state index in [9.17, 15) is 14.4 Å². The molecule has 1 aromatic heterocycles. The number of likely N-dealkylation sites (N-methyl/N-ethyl adjacent to an activating group) is 1. The molecule has 0 radical (unpaired) electrons. The van der Waals surface area contributed by atoms with E-state index in [2.05, 4.69) is 10.3 Å². The molecule has 7 nitrogen and oxygen atoms in total. The van der Waals surface area contributed by atoms with Crippen molar-refractivity contribution in [2.45, 2.75) is 26.7 Å². The molecule has 2 aromatic carbocycles. The fraction of sp³-hybridized carbons (Fsp3) is 0.304. The summed E-state index contributed by atoms with van der Waals surface area (Å²) in [6, 6.07) is 13.0. The molecule has 156 valence electrons. The van der Waals surface area contributed by atoms with Crippen LogP contribution in [0.1, 0.15) is 23.4 Å². The number of carbonyl (C=O) groups excluding carboxylic acids is 2. The van der Waals surface area contributed by atoms with E-state index in [1.54, 1.807) is 32.3 Å². The van der Waals surface area contributed by atoms with Crippen LogP contribution in [-0.4, -0.2) is 39.9 Å². The van der Waals surface area contributed by atoms with Gasteiger partial charge in [-0.1, -0.05) is 24.3 Å². The van der Waals surface area contributed by atoms with E-state index in [1.807, 2.05) is 38.1 Å². The normalized spacial score (nSPS) is 10.8. The number of benzene rings is 2. The van der Waals surface area contributed by atoms with E-state index >= 15 is 0 Å². The van der Waals surface area contributed by atoms with E-state index in [-0.39, 0.29) is 30.3 Å². The van der Waals surface area contributed by atoms with Gasteiger partial charge in [0.05, 0.1) is 17.4 Å². The maximum atomic E-state index is 12.5. The maximum absolute atomic E-state index is 12.5. The van der Waals surface area contributed by atoms with Gasteiger partial charge in [-0.15, -0.1) is 0 Å². The molecule has 3 rings (SSSR count). The Bertz CT molecular complexity index is 1170. The fourth-order valence-corrected chi connectivity index (χ4v) is 3.26. The Hall–Kier alpha value is -3.48. The molecule has 30 heavy (non-hydrogen) atoms. The first-order chi connectivity index (χ1) is 14.3. The summed E-state index contributed by atoms with van der Waals surface area (Å²) < 4.78 is 1.48. The Balaban J connectivity index is 1.61. The van der Waals surface area contributed by atoms with Crippen molar-refractivity contribution in [2.24, 2.45) is 7.05 Å². The summed E-state index contributed by atoms with van der Waals surface area (Å²) in [5, 5.41) is 3.41. The van der Waals surface area contributed by atoms with Crippen molar-refractivity contribution in [1.82, 2.24) is 14.5 Å². The zero-order chi connectivity index (χ0) is 21.8. The molecule has 0 aliphatic rings. The predicted molar refractivity (Wildman–Crippen MR) is 117 cm³/mol. The number of rotatable bonds is 6. The summed E-state index contributed by atoms with van der Waals surface area (Å²) in [5.41, 5.74) is 3.24. The van der Waals surface area contributed by atoms with Crippen molar-refractivity contribution in [1.29, 1.82) is 0 Å². The molecule has 0 spiro atoms. The van der Waals surface area contributed by atoms with Crippen LogP contribution in [0.5, 0.6) is 0 Å². The van der Waals surface area contributed by atoms with Gasteiger partial charge in [-0.3, -0.25) is 19.0 Å². The number of nitrogens with zero attached hydrogens (tertiary/aromatic N) is 3. The van der Waals surface area contributed by atoms with Crippen LogP contribution in [0.4, 0.5) is 5.69 Å². The Labute approximate surface area is 175 Å². The highest BCUT2D eigenvalue weighted by molar-refractivity contribution is 5.95. The van der Waals surface area contributed by atoms with E-state index in [1.165, 1.54) is 9.47 Å². The number of aryl methyl sites for hydroxylation is 3. The van der Waals surface area contributed by atoms with Gasteiger partial charge < -0.3 is 10.2 Å². The number of hydrogen-bond acceptors (Lipinski definition) is 4. The smallest absolute Gasteiger partial charge is 0.261 e. The average Bonchev–Trinajstić information content (AvgIpc) is 2.72. The number of fused-ring (bicyclic) bond motifs is 1. The molecule has 1 heterocycles. The number of nitrogens with one attached hydrogen (secondary N) is 1. The lowest BCUT2D eigenvalue weighted by Gasteiger charge is -2.18. The number of anilines is 1. The van der Waals surface area contributed by atoms with Gasteiger partial charge in [-0.25, -0.2) is 4.98 Å². The molecular formula is C23H26N4O3. The van der Waals surface area contributed by atoms with E-state index in [4.69, 9.17) is 0 Å². The molecule has 0 bridgehead atoms. The molecule has 0 saturated carbocycles. The first kappa shape index (κ1) is 21.2. The summed E-state index contributed by atoms with van der Waals surface area (Å²) in [6.45, 7) is 3.83. The monoisotopic (exact) mass is 406 g/mol. The molecule has 0 fully saturated rings. The van der Waals surface area contributed by atoms with Gasteiger partial charge in [-0.05, 0) is 43.2 Å². The van der Waals surface area contributed by atoms with Crippen LogP contribution in [0, 0.1) is 13.8 Å². The van der Waals surface area contributed by atoms with Crippen LogP contribution in [0.25, 0.3) is 10.9 Å². The third-order valence-electron chi connectivity index (χ3n) is 5.11. The van der Waals surface area contributed by atoms with E-state index in [0.717, 1.165) is 16.8 Å². The molecule has 3 aromatic rings. The van der Waals surface area contributed by atoms with E-state index < -0.39 is 0 Å². The zero-order valence-electron chi connectivity index (χ0n) is 17.7. The van der Waals surface area contributed by atoms with Crippen LogP contribution in [0.15, 0.2) is 47.3 Å². The summed E-state index contributed by atoms with van der Waals surface area (Å²) in [4.78, 5) is 43.2. The van der Waals surface area contributed by atoms with Crippen molar-refractivity contribution >= 4 is 28.4 Å². The molecular weight excluding hydrogens is 380 g/mol. The number of hydrogen-bond donors (Lipinski definition) is 1. The topological polar surface area (TPSA) is 84.3 Å². The summed E-state index contributed by atoms with van der Waals surface area (Å²) in [6.07, 6.45) is 0.476. The summed E-state index contributed by atoms with van der Waals surface area (Å²) in [5.74, 6) is 0.101. The first-order valence-corrected chi connectivity index (χ1v) is 9.82. The van der Waals surface area contributed by atoms with Gasteiger partial charge in [0.25, 0.3) is 5.56 Å². The molecule has 2 amide bonds. The summed E-state index contributed by atoms with van der Waals surface area (Å²) in [7, 11) is 3.25. The zero-order valence-corrected chi connectivity index (χ0v) is 17.7. The number of para-hydroxylation sites is 1. The van der Waals surface area contributed by atoms with Crippen molar-refractivity contribution in [3.63, 3.8) is 0 Å². The second kappa shape index (κ2) is 8.90. The van der Waals surface area contributed by atoms with Crippen molar-refractivity contribution < 1.29 is 9.59 Å². The molecule has 0 saturated heterocycles. The highest BCUT2D eigenvalue weighted by atomic mass is 16.2. The van der Waals surface area contributed by atoms with Gasteiger partial charge in [0.2, 0.25) is 11.8 Å². The summed E-state index contributed by atoms with van der Waals surface area (Å²) >= 11 is 0. The Morgan fingerprint density at radius 2 is 1.87 bits per heavy atom. The highest BCUT2D eigenvalue weighted by Gasteiger charge is 2.16. The minimum Gasteiger partial charge on any atom is -0.336 e. The molecule has 0 unspecified atom stereocenters. The van der Waals surface area contributed by atoms with Gasteiger partial charge in [0, 0.05) is 32.6 Å². The molecule has 1 N–H and O–H groups in total. The third kappa shape index (κ3) is 4.74. The molecule has 0 aliphatic heterocycles. The van der Waals surface area contributed by atoms with Crippen molar-refractivity contribution in [2.75, 3.05) is 18.9 Å². The minimum atomic E-state index is -0.254. The third-order valence-corrected chi connectivity index (χ3v) is 5.11. The largest absolute Gasteiger partial charge is 0.336 e. The number of carbonyl (C=O) groups is 2. The molecule has 0 atom stereocenters. The van der Waals surface area contributed by atoms with Crippen LogP contribution in [0.2, 0.25) is 0 Å². The Morgan fingerprint density at radius 3 is 2.63 bits per heavy atom. The first-order valence-electron chi connectivity index (χ1n) is 9.82. The SMILES string of the molecule is Cc1ccc(C)c(NC(=O)CN(C)C(=O)CCc2nc3ccccc3c(=O)n2C)c1. The Morgan fingerprint density at radius 1 is 1.13 bits per heavy atom. The van der Waals surface area contributed by atoms with Crippen molar-refractivity contribution in [3.05, 3.63) is 69.8 Å². The maximum Gasteiger partial charge on any atom is 0.261 e. The second-order valence-electron chi connectivity index (χ2n) is 7.53. The highest BCUT2D eigenvalue weighted by Crippen LogP contribution is 2.16. The number of amides is 2. The Kier molecular flexibility index (Phi) is 6.30. The van der Waals surface area contributed by atoms with Crippen molar-refractivity contribution in [3.8, 4) is 0 Å². The molecule has 7 heteroatoms. The van der Waals surface area contributed by atoms with Crippen LogP contribution in [-0.2, 0) is 23.1 Å². The van der Waals surface area contributed by atoms with E-state index in [0.29, 0.717) is 23.1 Å². The van der Waals surface area contributed by atoms with Crippen LogP contribution in [0.3, 0.4) is 0 Å². The lowest BCUT2D eigenvalue weighted by Crippen LogP contribution is -2.35. The lowest BCUT2D eigenvalue weighted by atomic mass is 10.1. The molecule has 0 aliphatic carbocycles. The van der Waals surface area contributed by atoms with Gasteiger partial charge in [-0.2, -0.15) is 0 Å². The quantitative estimate of drug-likeness (QED) is 0.682. The standard InChI is InChI=1S/C23H26N4O3/c1-15-9-10-16(2)19(13-15)25-21(28)14-26(3)22(29)12-11-20-24-18-8-6-5-7-17(18)23(30)27(20)4/h5-10,13H,11-12,14H2,1-4H3,(H,25,28). The predicted octanol–water partition coefficient (Wildman–Crippen LogP) is 2.58. The van der Waals surface area contributed by atoms with Gasteiger partial charge in [0.15, 0.2) is 0 Å². The minimum absolute atomic E-state index is 0.0453. The number of aromatic nitrogens is 2. The van der Waals surface area contributed by atoms with Crippen LogP contribution < -0.4 is 10.9 Å². The second-order valence-corrected chi connectivity index (χ2v) is 7.53.